The Kier molecular flexibility index (Phi) is 3.01. The second-order valence-electron chi connectivity index (χ2n) is 2.91. The van der Waals surface area contributed by atoms with E-state index in [9.17, 15) is 5.11 Å². The number of likely N-dealkylation sites (N-methyl/N-ethyl adjacent to an activating group) is 1. The Balaban J connectivity index is 2.32. The minimum absolute atomic E-state index is 0.419. The molecule has 0 spiro atoms. The Bertz CT molecular complexity index is 96.3. The molecule has 1 saturated heterocycles. The average molecular weight is 161 g/mol. The summed E-state index contributed by atoms with van der Waals surface area (Å²) in [5, 5.41) is 12.8. The van der Waals surface area contributed by atoms with Crippen LogP contribution in [0, 0.1) is 0 Å². The first-order valence-corrected chi connectivity index (χ1v) is 4.87. The van der Waals surface area contributed by atoms with Gasteiger partial charge in [0.05, 0.1) is 5.60 Å². The van der Waals surface area contributed by atoms with Gasteiger partial charge < -0.3 is 10.4 Å². The zero-order valence-electron chi connectivity index (χ0n) is 6.39. The number of hydrogen-bond acceptors (Lipinski definition) is 3. The molecule has 3 heteroatoms. The molecule has 0 radical (unpaired) electrons. The first-order valence-electron chi connectivity index (χ1n) is 3.72. The molecule has 60 valence electrons. The van der Waals surface area contributed by atoms with E-state index in [1.807, 2.05) is 18.8 Å². The fraction of sp³-hybridized carbons (Fsp3) is 1.00. The molecular formula is C7H15NOS. The van der Waals surface area contributed by atoms with Gasteiger partial charge in [0.25, 0.3) is 0 Å². The maximum atomic E-state index is 9.79. The van der Waals surface area contributed by atoms with Gasteiger partial charge in [-0.3, -0.25) is 0 Å². The van der Waals surface area contributed by atoms with E-state index in [4.69, 9.17) is 0 Å². The normalized spacial score (nSPS) is 34.2. The van der Waals surface area contributed by atoms with E-state index in [1.54, 1.807) is 0 Å². The predicted octanol–water partition coefficient (Wildman–Crippen LogP) is 0.464. The molecular weight excluding hydrogens is 146 g/mol. The maximum absolute atomic E-state index is 9.79. The lowest BCUT2D eigenvalue weighted by Gasteiger charge is -2.31. The molecule has 1 unspecified atom stereocenters. The number of thioether (sulfide) groups is 1. The minimum atomic E-state index is -0.419. The molecule has 2 N–H and O–H groups in total. The summed E-state index contributed by atoms with van der Waals surface area (Å²) < 4.78 is 0. The third-order valence-corrected chi connectivity index (χ3v) is 3.13. The van der Waals surface area contributed by atoms with Crippen LogP contribution in [-0.2, 0) is 0 Å². The van der Waals surface area contributed by atoms with Gasteiger partial charge in [0, 0.05) is 12.3 Å². The molecule has 2 nitrogen and oxygen atoms in total. The summed E-state index contributed by atoms with van der Waals surface area (Å²) in [6.07, 6.45) is 2.11. The summed E-state index contributed by atoms with van der Waals surface area (Å²) in [7, 11) is 1.89. The lowest BCUT2D eigenvalue weighted by Crippen LogP contribution is -2.43. The van der Waals surface area contributed by atoms with E-state index >= 15 is 0 Å². The van der Waals surface area contributed by atoms with Gasteiger partial charge in [0.1, 0.15) is 0 Å². The first-order chi connectivity index (χ1) is 4.77. The molecule has 0 aromatic rings. The van der Waals surface area contributed by atoms with E-state index in [1.165, 1.54) is 5.75 Å². The maximum Gasteiger partial charge on any atom is 0.0861 e. The van der Waals surface area contributed by atoms with Crippen molar-refractivity contribution in [2.24, 2.45) is 0 Å². The topological polar surface area (TPSA) is 32.3 Å². The van der Waals surface area contributed by atoms with Crippen molar-refractivity contribution in [3.05, 3.63) is 0 Å². The van der Waals surface area contributed by atoms with Gasteiger partial charge in [-0.15, -0.1) is 0 Å². The molecule has 1 aliphatic rings. The predicted molar refractivity (Wildman–Crippen MR) is 45.4 cm³/mol. The molecule has 0 aromatic heterocycles. The molecule has 0 bridgehead atoms. The number of aliphatic hydroxyl groups is 1. The minimum Gasteiger partial charge on any atom is -0.388 e. The fourth-order valence-electron chi connectivity index (χ4n) is 1.31. The highest BCUT2D eigenvalue weighted by Crippen LogP contribution is 2.25. The second-order valence-corrected chi connectivity index (χ2v) is 4.02. The highest BCUT2D eigenvalue weighted by atomic mass is 32.2. The van der Waals surface area contributed by atoms with Crippen LogP contribution in [0.3, 0.4) is 0 Å². The van der Waals surface area contributed by atoms with Crippen molar-refractivity contribution < 1.29 is 5.11 Å². The monoisotopic (exact) mass is 161 g/mol. The molecule has 0 aromatic carbocycles. The van der Waals surface area contributed by atoms with Crippen LogP contribution < -0.4 is 5.32 Å². The zero-order chi connectivity index (χ0) is 7.45. The molecule has 1 atom stereocenters. The molecule has 1 heterocycles. The van der Waals surface area contributed by atoms with Crippen LogP contribution in [-0.4, -0.2) is 35.8 Å². The first kappa shape index (κ1) is 8.37. The SMILES string of the molecule is CNCC1(O)CCCSC1. The van der Waals surface area contributed by atoms with Crippen molar-refractivity contribution in [2.45, 2.75) is 18.4 Å². The van der Waals surface area contributed by atoms with Crippen LogP contribution in [0.2, 0.25) is 0 Å². The summed E-state index contributed by atoms with van der Waals surface area (Å²) in [6, 6.07) is 0. The summed E-state index contributed by atoms with van der Waals surface area (Å²) in [6.45, 7) is 0.736. The van der Waals surface area contributed by atoms with Gasteiger partial charge in [0.15, 0.2) is 0 Å². The van der Waals surface area contributed by atoms with Gasteiger partial charge in [-0.2, -0.15) is 11.8 Å². The quantitative estimate of drug-likeness (QED) is 0.617. The van der Waals surface area contributed by atoms with Gasteiger partial charge in [-0.25, -0.2) is 0 Å². The molecule has 1 aliphatic heterocycles. The number of rotatable bonds is 2. The second kappa shape index (κ2) is 3.60. The molecule has 0 saturated carbocycles. The summed E-state index contributed by atoms with van der Waals surface area (Å²) in [5.74, 6) is 2.11. The Morgan fingerprint density at radius 3 is 3.00 bits per heavy atom. The smallest absolute Gasteiger partial charge is 0.0861 e. The van der Waals surface area contributed by atoms with Crippen molar-refractivity contribution in [1.82, 2.24) is 5.32 Å². The van der Waals surface area contributed by atoms with Crippen LogP contribution >= 0.6 is 11.8 Å². The highest BCUT2D eigenvalue weighted by Gasteiger charge is 2.28. The third-order valence-electron chi connectivity index (χ3n) is 1.81. The molecule has 1 fully saturated rings. The van der Waals surface area contributed by atoms with E-state index in [-0.39, 0.29) is 0 Å². The molecule has 1 rings (SSSR count). The molecule has 0 amide bonds. The van der Waals surface area contributed by atoms with Crippen LogP contribution in [0.1, 0.15) is 12.8 Å². The standard InChI is InChI=1S/C7H15NOS/c1-8-5-7(9)3-2-4-10-6-7/h8-9H,2-6H2,1H3. The third kappa shape index (κ3) is 2.15. The lowest BCUT2D eigenvalue weighted by molar-refractivity contribution is 0.0545. The van der Waals surface area contributed by atoms with Crippen molar-refractivity contribution in [2.75, 3.05) is 25.1 Å². The summed E-state index contributed by atoms with van der Waals surface area (Å²) >= 11 is 1.85. The molecule has 0 aliphatic carbocycles. The van der Waals surface area contributed by atoms with Crippen molar-refractivity contribution in [3.8, 4) is 0 Å². The van der Waals surface area contributed by atoms with Gasteiger partial charge in [-0.1, -0.05) is 0 Å². The Hall–Kier alpha value is 0.270. The Labute approximate surface area is 66.4 Å². The fourth-order valence-corrected chi connectivity index (χ4v) is 2.43. The van der Waals surface area contributed by atoms with E-state index in [2.05, 4.69) is 5.32 Å². The van der Waals surface area contributed by atoms with Gasteiger partial charge in [-0.05, 0) is 25.6 Å². The van der Waals surface area contributed by atoms with Crippen LogP contribution in [0.5, 0.6) is 0 Å². The molecule has 10 heavy (non-hydrogen) atoms. The lowest BCUT2D eigenvalue weighted by atomic mass is 10.0. The van der Waals surface area contributed by atoms with Gasteiger partial charge >= 0.3 is 0 Å². The summed E-state index contributed by atoms with van der Waals surface area (Å²) in [4.78, 5) is 0. The average Bonchev–Trinajstić information content (AvgIpc) is 1.89. The Morgan fingerprint density at radius 1 is 1.70 bits per heavy atom. The largest absolute Gasteiger partial charge is 0.388 e. The Morgan fingerprint density at radius 2 is 2.50 bits per heavy atom. The van der Waals surface area contributed by atoms with Crippen LogP contribution in [0.15, 0.2) is 0 Å². The summed E-state index contributed by atoms with van der Waals surface area (Å²) in [5.41, 5.74) is -0.419. The van der Waals surface area contributed by atoms with Gasteiger partial charge in [0.2, 0.25) is 0 Å². The van der Waals surface area contributed by atoms with E-state index < -0.39 is 5.60 Å². The van der Waals surface area contributed by atoms with Crippen molar-refractivity contribution in [3.63, 3.8) is 0 Å². The van der Waals surface area contributed by atoms with E-state index in [0.29, 0.717) is 0 Å². The van der Waals surface area contributed by atoms with Crippen LogP contribution in [0.25, 0.3) is 0 Å². The van der Waals surface area contributed by atoms with E-state index in [0.717, 1.165) is 25.1 Å². The van der Waals surface area contributed by atoms with Crippen molar-refractivity contribution in [1.29, 1.82) is 0 Å². The zero-order valence-corrected chi connectivity index (χ0v) is 7.21. The van der Waals surface area contributed by atoms with Crippen molar-refractivity contribution >= 4 is 11.8 Å². The van der Waals surface area contributed by atoms with Crippen LogP contribution in [0.4, 0.5) is 0 Å². The number of hydrogen-bond donors (Lipinski definition) is 2. The number of nitrogens with one attached hydrogen (secondary N) is 1. The highest BCUT2D eigenvalue weighted by molar-refractivity contribution is 7.99.